The van der Waals surface area contributed by atoms with E-state index in [2.05, 4.69) is 11.8 Å². The molecule has 0 aliphatic carbocycles. The Morgan fingerprint density at radius 1 is 1.26 bits per heavy atom. The van der Waals surface area contributed by atoms with E-state index in [1.54, 1.807) is 0 Å². The predicted octanol–water partition coefficient (Wildman–Crippen LogP) is 2.64. The van der Waals surface area contributed by atoms with Gasteiger partial charge >= 0.3 is 6.18 Å². The number of rotatable bonds is 4. The minimum atomic E-state index is -4.26. The van der Waals surface area contributed by atoms with Gasteiger partial charge in [0.2, 0.25) is 0 Å². The highest BCUT2D eigenvalue weighted by Crippen LogP contribution is 2.19. The van der Waals surface area contributed by atoms with E-state index >= 15 is 0 Å². The first-order valence-corrected chi connectivity index (χ1v) is 5.45. The Balaban J connectivity index is 2.62. The van der Waals surface area contributed by atoms with Crippen molar-refractivity contribution in [2.24, 2.45) is 0 Å². The van der Waals surface area contributed by atoms with Crippen molar-refractivity contribution in [1.29, 1.82) is 0 Å². The molecule has 0 aromatic heterocycles. The minimum Gasteiger partial charge on any atom is -0.384 e. The fourth-order valence-corrected chi connectivity index (χ4v) is 1.30. The fourth-order valence-electron chi connectivity index (χ4n) is 1.30. The van der Waals surface area contributed by atoms with Gasteiger partial charge < -0.3 is 9.84 Å². The van der Waals surface area contributed by atoms with E-state index in [0.29, 0.717) is 11.1 Å². The van der Waals surface area contributed by atoms with Crippen LogP contribution < -0.4 is 0 Å². The second kappa shape index (κ2) is 7.12. The molecule has 1 aromatic carbocycles. The monoisotopic (exact) mass is 276 g/mol. The van der Waals surface area contributed by atoms with Crippen LogP contribution in [-0.2, 0) is 11.3 Å². The number of aliphatic hydroxyl groups is 1. The Bertz CT molecular complexity index is 472. The predicted molar refractivity (Wildman–Crippen MR) is 60.7 cm³/mol. The summed E-state index contributed by atoms with van der Waals surface area (Å²) in [4.78, 5) is 0. The highest BCUT2D eigenvalue weighted by atomic mass is 19.4. The fraction of sp³-hybridized carbons (Fsp3) is 0.385. The number of benzene rings is 1. The second-order valence-corrected chi connectivity index (χ2v) is 3.68. The Hall–Kier alpha value is -1.58. The maximum Gasteiger partial charge on any atom is 0.391 e. The average molecular weight is 276 g/mol. The van der Waals surface area contributed by atoms with E-state index in [9.17, 15) is 17.6 Å². The van der Waals surface area contributed by atoms with Gasteiger partial charge in [0.05, 0.1) is 19.6 Å². The van der Waals surface area contributed by atoms with Gasteiger partial charge in [-0.15, -0.1) is 0 Å². The van der Waals surface area contributed by atoms with Crippen LogP contribution in [0.1, 0.15) is 17.5 Å². The molecule has 1 N–H and O–H groups in total. The molecule has 0 spiro atoms. The van der Waals surface area contributed by atoms with Gasteiger partial charge in [-0.25, -0.2) is 4.39 Å². The summed E-state index contributed by atoms with van der Waals surface area (Å²) in [5, 5.41) is 8.57. The first kappa shape index (κ1) is 15.5. The third kappa shape index (κ3) is 6.22. The average Bonchev–Trinajstić information content (AvgIpc) is 2.32. The lowest BCUT2D eigenvalue weighted by atomic mass is 10.1. The number of hydrogen-bond donors (Lipinski definition) is 1. The number of ether oxygens (including phenoxy) is 1. The van der Waals surface area contributed by atoms with E-state index in [4.69, 9.17) is 9.84 Å². The molecule has 0 aliphatic heterocycles. The molecule has 1 aromatic rings. The normalized spacial score (nSPS) is 11.0. The van der Waals surface area contributed by atoms with E-state index in [1.807, 2.05) is 0 Å². The van der Waals surface area contributed by atoms with Crippen LogP contribution >= 0.6 is 0 Å². The van der Waals surface area contributed by atoms with Gasteiger partial charge in [0, 0.05) is 5.56 Å². The lowest BCUT2D eigenvalue weighted by Crippen LogP contribution is -2.11. The first-order chi connectivity index (χ1) is 8.92. The van der Waals surface area contributed by atoms with E-state index < -0.39 is 25.0 Å². The quantitative estimate of drug-likeness (QED) is 0.520. The molecule has 0 bridgehead atoms. The molecule has 0 fully saturated rings. The van der Waals surface area contributed by atoms with E-state index in [-0.39, 0.29) is 13.2 Å². The summed E-state index contributed by atoms with van der Waals surface area (Å²) in [7, 11) is 0. The highest BCUT2D eigenvalue weighted by Gasteiger charge is 2.26. The second-order valence-electron chi connectivity index (χ2n) is 3.68. The SMILES string of the molecule is OCC#Cc1cc(F)ccc1COCCC(F)(F)F. The maximum absolute atomic E-state index is 13.0. The van der Waals surface area contributed by atoms with Crippen LogP contribution in [0.5, 0.6) is 0 Å². The van der Waals surface area contributed by atoms with Crippen molar-refractivity contribution in [2.45, 2.75) is 19.2 Å². The maximum atomic E-state index is 13.0. The van der Waals surface area contributed by atoms with Crippen molar-refractivity contribution in [2.75, 3.05) is 13.2 Å². The lowest BCUT2D eigenvalue weighted by Gasteiger charge is -2.08. The van der Waals surface area contributed by atoms with Gasteiger partial charge in [-0.3, -0.25) is 0 Å². The van der Waals surface area contributed by atoms with Crippen LogP contribution in [0.4, 0.5) is 17.6 Å². The van der Waals surface area contributed by atoms with E-state index in [1.165, 1.54) is 12.1 Å². The number of alkyl halides is 3. The van der Waals surface area contributed by atoms with E-state index in [0.717, 1.165) is 6.07 Å². The standard InChI is InChI=1S/C13H12F4O2/c14-12-4-3-11(10(8-12)2-1-6-18)9-19-7-5-13(15,16)17/h3-4,8,18H,5-7,9H2. The zero-order chi connectivity index (χ0) is 14.3. The summed E-state index contributed by atoms with van der Waals surface area (Å²) in [6.45, 7) is -0.940. The van der Waals surface area contributed by atoms with Crippen LogP contribution in [0, 0.1) is 17.7 Å². The summed E-state index contributed by atoms with van der Waals surface area (Å²) >= 11 is 0. The van der Waals surface area contributed by atoms with Crippen molar-refractivity contribution < 1.29 is 27.4 Å². The molecule has 1 rings (SSSR count). The van der Waals surface area contributed by atoms with Crippen molar-refractivity contribution in [1.82, 2.24) is 0 Å². The van der Waals surface area contributed by atoms with Gasteiger partial charge in [-0.1, -0.05) is 17.9 Å². The minimum absolute atomic E-state index is 0.0915. The molecule has 0 aliphatic rings. The first-order valence-electron chi connectivity index (χ1n) is 5.45. The molecule has 2 nitrogen and oxygen atoms in total. The van der Waals surface area contributed by atoms with Gasteiger partial charge in [0.15, 0.2) is 0 Å². The largest absolute Gasteiger partial charge is 0.391 e. The molecular formula is C13H12F4O2. The molecule has 0 amide bonds. The van der Waals surface area contributed by atoms with Crippen molar-refractivity contribution in [3.63, 3.8) is 0 Å². The molecule has 0 saturated carbocycles. The molecule has 6 heteroatoms. The summed E-state index contributed by atoms with van der Waals surface area (Å²) < 4.78 is 53.6. The van der Waals surface area contributed by atoms with Crippen molar-refractivity contribution >= 4 is 0 Å². The molecule has 0 unspecified atom stereocenters. The topological polar surface area (TPSA) is 29.5 Å². The van der Waals surface area contributed by atoms with Gasteiger partial charge in [-0.05, 0) is 17.7 Å². The Kier molecular flexibility index (Phi) is 5.80. The number of halogens is 4. The smallest absolute Gasteiger partial charge is 0.384 e. The van der Waals surface area contributed by atoms with Crippen LogP contribution in [0.25, 0.3) is 0 Å². The Labute approximate surface area is 108 Å². The highest BCUT2D eigenvalue weighted by molar-refractivity contribution is 5.41. The number of hydrogen-bond acceptors (Lipinski definition) is 2. The van der Waals surface area contributed by atoms with Crippen molar-refractivity contribution in [3.8, 4) is 11.8 Å². The summed E-state index contributed by atoms with van der Waals surface area (Å²) in [6, 6.07) is 3.71. The summed E-state index contributed by atoms with van der Waals surface area (Å²) in [5.41, 5.74) is 0.769. The molecule has 0 radical (unpaired) electrons. The van der Waals surface area contributed by atoms with Crippen LogP contribution in [-0.4, -0.2) is 24.5 Å². The van der Waals surface area contributed by atoms with Gasteiger partial charge in [0.25, 0.3) is 0 Å². The number of aliphatic hydroxyl groups excluding tert-OH is 1. The van der Waals surface area contributed by atoms with Gasteiger partial charge in [-0.2, -0.15) is 13.2 Å². The molecule has 0 saturated heterocycles. The molecule has 0 heterocycles. The Morgan fingerprint density at radius 3 is 2.63 bits per heavy atom. The van der Waals surface area contributed by atoms with Crippen LogP contribution in [0.3, 0.4) is 0 Å². The lowest BCUT2D eigenvalue weighted by molar-refractivity contribution is -0.146. The molecule has 104 valence electrons. The molecule has 19 heavy (non-hydrogen) atoms. The zero-order valence-electron chi connectivity index (χ0n) is 9.93. The van der Waals surface area contributed by atoms with Crippen LogP contribution in [0.2, 0.25) is 0 Å². The molecular weight excluding hydrogens is 264 g/mol. The van der Waals surface area contributed by atoms with Crippen molar-refractivity contribution in [3.05, 3.63) is 35.1 Å². The molecule has 0 atom stereocenters. The van der Waals surface area contributed by atoms with Crippen LogP contribution in [0.15, 0.2) is 18.2 Å². The third-order valence-corrected chi connectivity index (χ3v) is 2.16. The zero-order valence-corrected chi connectivity index (χ0v) is 9.93. The Morgan fingerprint density at radius 2 is 2.00 bits per heavy atom. The summed E-state index contributed by atoms with van der Waals surface area (Å²) in [5.74, 6) is 4.36. The van der Waals surface area contributed by atoms with Gasteiger partial charge in [0.1, 0.15) is 12.4 Å². The third-order valence-electron chi connectivity index (χ3n) is 2.16. The summed E-state index contributed by atoms with van der Waals surface area (Å²) in [6.07, 6.45) is -5.30.